The fraction of sp³-hybridized carbons (Fsp3) is 0.0968. The number of aromatic amines is 1. The summed E-state index contributed by atoms with van der Waals surface area (Å²) in [5.74, 6) is 0.0658. The Hall–Kier alpha value is -3.55. The molecule has 1 aromatic heterocycles. The fourth-order valence-corrected chi connectivity index (χ4v) is 4.55. The van der Waals surface area contributed by atoms with Gasteiger partial charge in [-0.15, -0.1) is 0 Å². The van der Waals surface area contributed by atoms with Gasteiger partial charge in [-0.3, -0.25) is 0 Å². The van der Waals surface area contributed by atoms with Crippen molar-refractivity contribution in [1.82, 2.24) is 4.98 Å². The normalized spacial score (nSPS) is 12.5. The summed E-state index contributed by atoms with van der Waals surface area (Å²) in [5.41, 5.74) is 9.59. The summed E-state index contributed by atoms with van der Waals surface area (Å²) in [7, 11) is 0. The van der Waals surface area contributed by atoms with Gasteiger partial charge in [-0.25, -0.2) is 0 Å². The second kappa shape index (κ2) is 9.13. The molecule has 0 aliphatic heterocycles. The molecule has 0 saturated carbocycles. The van der Waals surface area contributed by atoms with Crippen LogP contribution in [0.25, 0.3) is 28.2 Å². The maximum atomic E-state index is 6.47. The average molecular weight is 448 g/mol. The minimum Gasteiger partial charge on any atom is -0.354 e. The van der Waals surface area contributed by atoms with Gasteiger partial charge in [0.1, 0.15) is 0 Å². The number of aromatic nitrogens is 1. The van der Waals surface area contributed by atoms with E-state index < -0.39 is 0 Å². The molecule has 0 radical (unpaired) electrons. The van der Waals surface area contributed by atoms with Gasteiger partial charge in [0.15, 0.2) is 0 Å². The highest BCUT2D eigenvalue weighted by Gasteiger charge is 2.22. The van der Waals surface area contributed by atoms with E-state index in [0.717, 1.165) is 21.6 Å². The monoisotopic (exact) mass is 447 g/mol. The largest absolute Gasteiger partial charge is 0.354 e. The highest BCUT2D eigenvalue weighted by molar-refractivity contribution is 6.31. The number of aryl methyl sites for hydroxylation is 2. The topological polar surface area (TPSA) is 15.8 Å². The molecule has 1 N–H and O–H groups in total. The smallest absolute Gasteiger partial charge is 0.0506 e. The Labute approximate surface area is 200 Å². The van der Waals surface area contributed by atoms with E-state index in [-0.39, 0.29) is 5.92 Å². The van der Waals surface area contributed by atoms with Crippen LogP contribution < -0.4 is 0 Å². The molecule has 0 fully saturated rings. The third kappa shape index (κ3) is 4.51. The molecule has 1 heterocycles. The first-order valence-corrected chi connectivity index (χ1v) is 11.6. The summed E-state index contributed by atoms with van der Waals surface area (Å²) >= 11 is 6.47. The van der Waals surface area contributed by atoms with Crippen LogP contribution in [0.1, 0.15) is 33.7 Å². The molecule has 0 amide bonds. The number of benzene rings is 4. The summed E-state index contributed by atoms with van der Waals surface area (Å²) in [4.78, 5) is 3.69. The summed E-state index contributed by atoms with van der Waals surface area (Å²) in [6.45, 7) is 4.23. The molecular weight excluding hydrogens is 422 g/mol. The quantitative estimate of drug-likeness (QED) is 0.276. The summed E-state index contributed by atoms with van der Waals surface area (Å²) in [5, 5.41) is 1.90. The molecule has 1 unspecified atom stereocenters. The standard InChI is InChI=1S/C31H26ClN/c1-21-8-12-23(13-9-21)14-18-27(24-6-4-3-5-7-24)30-28-20-26(32)17-19-29(28)33-31(30)25-15-10-22(2)11-16-25/h3-20,27,33H,1-2H3/b18-14+. The van der Waals surface area contributed by atoms with E-state index in [4.69, 9.17) is 11.6 Å². The zero-order valence-electron chi connectivity index (χ0n) is 18.8. The van der Waals surface area contributed by atoms with Crippen LogP contribution in [0.15, 0.2) is 103 Å². The van der Waals surface area contributed by atoms with Crippen molar-refractivity contribution in [3.05, 3.63) is 136 Å². The molecule has 0 aliphatic rings. The lowest BCUT2D eigenvalue weighted by Gasteiger charge is -2.17. The van der Waals surface area contributed by atoms with Crippen molar-refractivity contribution in [3.63, 3.8) is 0 Å². The highest BCUT2D eigenvalue weighted by Crippen LogP contribution is 2.40. The van der Waals surface area contributed by atoms with E-state index in [1.807, 2.05) is 6.07 Å². The van der Waals surface area contributed by atoms with Gasteiger partial charge >= 0.3 is 0 Å². The van der Waals surface area contributed by atoms with E-state index in [0.29, 0.717) is 0 Å². The summed E-state index contributed by atoms with van der Waals surface area (Å²) in [6.07, 6.45) is 4.53. The van der Waals surface area contributed by atoms with Crippen LogP contribution in [0.2, 0.25) is 5.02 Å². The van der Waals surface area contributed by atoms with Crippen LogP contribution in [-0.2, 0) is 0 Å². The van der Waals surface area contributed by atoms with Crippen LogP contribution in [-0.4, -0.2) is 4.98 Å². The lowest BCUT2D eigenvalue weighted by molar-refractivity contribution is 1.05. The third-order valence-electron chi connectivity index (χ3n) is 6.17. The van der Waals surface area contributed by atoms with Crippen molar-refractivity contribution < 1.29 is 0 Å². The van der Waals surface area contributed by atoms with E-state index in [2.05, 4.69) is 122 Å². The van der Waals surface area contributed by atoms with Crippen LogP contribution in [0, 0.1) is 13.8 Å². The van der Waals surface area contributed by atoms with Gasteiger partial charge in [-0.1, -0.05) is 114 Å². The molecule has 0 spiro atoms. The zero-order chi connectivity index (χ0) is 22.8. The lowest BCUT2D eigenvalue weighted by atomic mass is 9.86. The van der Waals surface area contributed by atoms with Gasteiger partial charge in [0.25, 0.3) is 0 Å². The average Bonchev–Trinajstić information content (AvgIpc) is 3.20. The second-order valence-corrected chi connectivity index (χ2v) is 9.06. The van der Waals surface area contributed by atoms with Gasteiger partial charge in [-0.05, 0) is 54.3 Å². The first-order valence-electron chi connectivity index (χ1n) is 11.3. The third-order valence-corrected chi connectivity index (χ3v) is 6.40. The molecule has 0 aliphatic carbocycles. The predicted molar refractivity (Wildman–Crippen MR) is 142 cm³/mol. The SMILES string of the molecule is Cc1ccc(/C=C/C(c2ccccc2)c2c(-c3ccc(C)cc3)[nH]c3ccc(Cl)cc23)cc1. The van der Waals surface area contributed by atoms with Gasteiger partial charge in [-0.2, -0.15) is 0 Å². The molecular formula is C31H26ClN. The Morgan fingerprint density at radius 1 is 0.758 bits per heavy atom. The van der Waals surface area contributed by atoms with Crippen molar-refractivity contribution in [2.24, 2.45) is 0 Å². The molecule has 5 rings (SSSR count). The summed E-state index contributed by atoms with van der Waals surface area (Å²) < 4.78 is 0. The Balaban J connectivity index is 1.74. The maximum Gasteiger partial charge on any atom is 0.0506 e. The van der Waals surface area contributed by atoms with Gasteiger partial charge in [0, 0.05) is 21.8 Å². The minimum atomic E-state index is 0.0658. The Morgan fingerprint density at radius 3 is 2.12 bits per heavy atom. The molecule has 0 saturated heterocycles. The first-order chi connectivity index (χ1) is 16.1. The Bertz CT molecular complexity index is 1410. The molecule has 162 valence electrons. The van der Waals surface area contributed by atoms with Gasteiger partial charge in [0.05, 0.1) is 5.69 Å². The Kier molecular flexibility index (Phi) is 5.90. The van der Waals surface area contributed by atoms with Crippen LogP contribution in [0.3, 0.4) is 0 Å². The minimum absolute atomic E-state index is 0.0658. The number of hydrogen-bond acceptors (Lipinski definition) is 0. The van der Waals surface area contributed by atoms with E-state index >= 15 is 0 Å². The molecule has 1 atom stereocenters. The lowest BCUT2D eigenvalue weighted by Crippen LogP contribution is -1.99. The van der Waals surface area contributed by atoms with Crippen LogP contribution in [0.4, 0.5) is 0 Å². The Morgan fingerprint density at radius 2 is 1.42 bits per heavy atom. The number of rotatable bonds is 5. The number of halogens is 1. The van der Waals surface area contributed by atoms with Crippen molar-refractivity contribution in [2.45, 2.75) is 19.8 Å². The van der Waals surface area contributed by atoms with Crippen molar-refractivity contribution in [1.29, 1.82) is 0 Å². The van der Waals surface area contributed by atoms with Crippen molar-refractivity contribution >= 4 is 28.6 Å². The summed E-state index contributed by atoms with van der Waals surface area (Å²) in [6, 6.07) is 34.1. The molecule has 2 heteroatoms. The highest BCUT2D eigenvalue weighted by atomic mass is 35.5. The number of hydrogen-bond donors (Lipinski definition) is 1. The van der Waals surface area contributed by atoms with Crippen LogP contribution in [0.5, 0.6) is 0 Å². The molecule has 1 nitrogen and oxygen atoms in total. The number of H-pyrrole nitrogens is 1. The number of allylic oxidation sites excluding steroid dienone is 1. The predicted octanol–water partition coefficient (Wildman–Crippen LogP) is 8.95. The van der Waals surface area contributed by atoms with Gasteiger partial charge in [0.2, 0.25) is 0 Å². The maximum absolute atomic E-state index is 6.47. The fourth-order valence-electron chi connectivity index (χ4n) is 4.38. The first kappa shape index (κ1) is 21.3. The van der Waals surface area contributed by atoms with Crippen LogP contribution >= 0.6 is 11.6 Å². The molecule has 33 heavy (non-hydrogen) atoms. The molecule has 0 bridgehead atoms. The molecule has 5 aromatic rings. The van der Waals surface area contributed by atoms with Gasteiger partial charge < -0.3 is 4.98 Å². The second-order valence-electron chi connectivity index (χ2n) is 8.63. The van der Waals surface area contributed by atoms with E-state index in [1.165, 1.54) is 33.4 Å². The number of fused-ring (bicyclic) bond motifs is 1. The van der Waals surface area contributed by atoms with E-state index in [9.17, 15) is 0 Å². The van der Waals surface area contributed by atoms with Crippen molar-refractivity contribution in [2.75, 3.05) is 0 Å². The van der Waals surface area contributed by atoms with E-state index in [1.54, 1.807) is 0 Å². The van der Waals surface area contributed by atoms with Crippen molar-refractivity contribution in [3.8, 4) is 11.3 Å². The number of nitrogens with one attached hydrogen (secondary N) is 1. The zero-order valence-corrected chi connectivity index (χ0v) is 19.6. The molecule has 4 aromatic carbocycles.